The van der Waals surface area contributed by atoms with Gasteiger partial charge in [0.05, 0.1) is 17.3 Å². The quantitative estimate of drug-likeness (QED) is 0.378. The van der Waals surface area contributed by atoms with Crippen LogP contribution in [0.25, 0.3) is 0 Å². The lowest BCUT2D eigenvalue weighted by molar-refractivity contribution is -0.174. The largest absolute Gasteiger partial charge is 0.462 e. The number of ether oxygens (including phenoxy) is 3. The Morgan fingerprint density at radius 2 is 1.42 bits per heavy atom. The fraction of sp³-hybridized carbons (Fsp3) is 0.880. The van der Waals surface area contributed by atoms with Crippen LogP contribution in [0.1, 0.15) is 107 Å². The lowest BCUT2D eigenvalue weighted by Gasteiger charge is -2.38. The molecule has 1 saturated heterocycles. The van der Waals surface area contributed by atoms with Gasteiger partial charge in [-0.05, 0) is 73.1 Å². The van der Waals surface area contributed by atoms with E-state index in [1.807, 2.05) is 41.5 Å². The van der Waals surface area contributed by atoms with Crippen molar-refractivity contribution in [2.75, 3.05) is 6.61 Å². The van der Waals surface area contributed by atoms with Gasteiger partial charge in [0.2, 0.25) is 0 Å². The molecule has 1 heterocycles. The maximum atomic E-state index is 12.1. The summed E-state index contributed by atoms with van der Waals surface area (Å²) in [6, 6.07) is 0. The number of carbonyl (C=O) groups is 3. The Balaban J connectivity index is 0.000000316. The number of hydrogen-bond acceptors (Lipinski definition) is 6. The van der Waals surface area contributed by atoms with Gasteiger partial charge < -0.3 is 14.2 Å². The Bertz CT molecular complexity index is 614. The maximum absolute atomic E-state index is 12.1. The van der Waals surface area contributed by atoms with Gasteiger partial charge in [0.1, 0.15) is 18.3 Å². The van der Waals surface area contributed by atoms with Gasteiger partial charge in [0.25, 0.3) is 0 Å². The van der Waals surface area contributed by atoms with E-state index in [1.165, 1.54) is 32.1 Å². The van der Waals surface area contributed by atoms with Gasteiger partial charge in [-0.2, -0.15) is 0 Å². The van der Waals surface area contributed by atoms with Gasteiger partial charge in [-0.1, -0.05) is 33.1 Å². The SMILES string of the molecule is CCC(C)(C)C(=O)OC(C)(C)C1CCCCC1.CCC(C)(C)C(=O)OC1COC(=O)C1. The molecule has 1 aliphatic carbocycles. The Labute approximate surface area is 188 Å². The van der Waals surface area contributed by atoms with E-state index in [2.05, 4.69) is 13.8 Å². The fourth-order valence-electron chi connectivity index (χ4n) is 3.42. The molecule has 1 aliphatic heterocycles. The predicted molar refractivity (Wildman–Crippen MR) is 120 cm³/mol. The Morgan fingerprint density at radius 1 is 0.903 bits per heavy atom. The molecule has 1 unspecified atom stereocenters. The summed E-state index contributed by atoms with van der Waals surface area (Å²) in [7, 11) is 0. The first-order chi connectivity index (χ1) is 14.2. The third-order valence-corrected chi connectivity index (χ3v) is 6.92. The number of rotatable bonds is 7. The minimum atomic E-state index is -0.481. The third kappa shape index (κ3) is 8.46. The van der Waals surface area contributed by atoms with E-state index in [0.717, 1.165) is 6.42 Å². The molecule has 31 heavy (non-hydrogen) atoms. The van der Waals surface area contributed by atoms with Crippen LogP contribution in [0.15, 0.2) is 0 Å². The lowest BCUT2D eigenvalue weighted by Crippen LogP contribution is -2.41. The van der Waals surface area contributed by atoms with Crippen LogP contribution in [0.3, 0.4) is 0 Å². The van der Waals surface area contributed by atoms with Crippen molar-refractivity contribution in [2.24, 2.45) is 16.7 Å². The molecule has 180 valence electrons. The van der Waals surface area contributed by atoms with Crippen LogP contribution in [-0.2, 0) is 28.6 Å². The van der Waals surface area contributed by atoms with Gasteiger partial charge in [-0.25, -0.2) is 0 Å². The van der Waals surface area contributed by atoms with Gasteiger partial charge in [-0.3, -0.25) is 14.4 Å². The van der Waals surface area contributed by atoms with Crippen molar-refractivity contribution in [1.82, 2.24) is 0 Å². The highest BCUT2D eigenvalue weighted by atomic mass is 16.6. The number of hydrogen-bond donors (Lipinski definition) is 0. The molecule has 6 heteroatoms. The van der Waals surface area contributed by atoms with Gasteiger partial charge in [-0.15, -0.1) is 0 Å². The maximum Gasteiger partial charge on any atom is 0.312 e. The summed E-state index contributed by atoms with van der Waals surface area (Å²) in [6.07, 6.45) is 7.64. The minimum Gasteiger partial charge on any atom is -0.462 e. The number of carbonyl (C=O) groups excluding carboxylic acids is 3. The van der Waals surface area contributed by atoms with Crippen LogP contribution in [0, 0.1) is 16.7 Å². The molecule has 0 aromatic heterocycles. The lowest BCUT2D eigenvalue weighted by atomic mass is 9.78. The molecule has 0 spiro atoms. The molecule has 2 rings (SSSR count). The molecular formula is C25H44O6. The first-order valence-corrected chi connectivity index (χ1v) is 11.8. The summed E-state index contributed by atoms with van der Waals surface area (Å²) >= 11 is 0. The van der Waals surface area contributed by atoms with Crippen molar-refractivity contribution in [3.8, 4) is 0 Å². The molecule has 0 radical (unpaired) electrons. The van der Waals surface area contributed by atoms with Crippen molar-refractivity contribution in [2.45, 2.75) is 118 Å². The molecule has 0 bridgehead atoms. The zero-order valence-electron chi connectivity index (χ0n) is 21.0. The summed E-state index contributed by atoms with van der Waals surface area (Å²) in [5, 5.41) is 0. The highest BCUT2D eigenvalue weighted by molar-refractivity contribution is 5.77. The van der Waals surface area contributed by atoms with Crippen LogP contribution in [0.5, 0.6) is 0 Å². The second-order valence-electron chi connectivity index (χ2n) is 10.7. The van der Waals surface area contributed by atoms with Gasteiger partial charge in [0, 0.05) is 0 Å². The molecule has 0 amide bonds. The molecule has 1 saturated carbocycles. The highest BCUT2D eigenvalue weighted by Gasteiger charge is 2.38. The normalized spacial score (nSPS) is 20.4. The molecule has 0 aromatic rings. The summed E-state index contributed by atoms with van der Waals surface area (Å²) in [5.74, 6) is -0.0659. The van der Waals surface area contributed by atoms with Gasteiger partial charge in [0.15, 0.2) is 0 Å². The van der Waals surface area contributed by atoms with Crippen LogP contribution in [0.2, 0.25) is 0 Å². The summed E-state index contributed by atoms with van der Waals surface area (Å²) < 4.78 is 15.6. The van der Waals surface area contributed by atoms with E-state index < -0.39 is 5.41 Å². The van der Waals surface area contributed by atoms with Crippen molar-refractivity contribution in [1.29, 1.82) is 0 Å². The molecule has 0 aromatic carbocycles. The summed E-state index contributed by atoms with van der Waals surface area (Å²) in [4.78, 5) is 34.4. The van der Waals surface area contributed by atoms with E-state index >= 15 is 0 Å². The van der Waals surface area contributed by atoms with E-state index in [0.29, 0.717) is 12.3 Å². The van der Waals surface area contributed by atoms with Crippen molar-refractivity contribution >= 4 is 17.9 Å². The van der Waals surface area contributed by atoms with Gasteiger partial charge >= 0.3 is 17.9 Å². The topological polar surface area (TPSA) is 78.9 Å². The van der Waals surface area contributed by atoms with Crippen LogP contribution < -0.4 is 0 Å². The summed E-state index contributed by atoms with van der Waals surface area (Å²) in [5.41, 5.74) is -1.14. The molecule has 6 nitrogen and oxygen atoms in total. The van der Waals surface area contributed by atoms with Crippen molar-refractivity contribution < 1.29 is 28.6 Å². The monoisotopic (exact) mass is 440 g/mol. The van der Waals surface area contributed by atoms with E-state index in [-0.39, 0.29) is 48.1 Å². The average molecular weight is 441 g/mol. The van der Waals surface area contributed by atoms with Crippen molar-refractivity contribution in [3.63, 3.8) is 0 Å². The third-order valence-electron chi connectivity index (χ3n) is 6.92. The fourth-order valence-corrected chi connectivity index (χ4v) is 3.42. The van der Waals surface area contributed by atoms with E-state index in [1.54, 1.807) is 0 Å². The zero-order valence-corrected chi connectivity index (χ0v) is 21.0. The van der Waals surface area contributed by atoms with Crippen LogP contribution in [-0.4, -0.2) is 36.2 Å². The standard InChI is InChI=1S/C15H28O2.C10H16O4/c1-6-14(2,3)13(16)17-15(4,5)12-10-8-7-9-11-12;1-4-10(2,3)9(12)14-7-5-8(11)13-6-7/h12H,6-11H2,1-5H3;7H,4-6H2,1-3H3. The number of esters is 3. The Hall–Kier alpha value is -1.59. The zero-order chi connectivity index (χ0) is 23.9. The minimum absolute atomic E-state index is 0.0458. The predicted octanol–water partition coefficient (Wildman–Crippen LogP) is 5.61. The van der Waals surface area contributed by atoms with Crippen molar-refractivity contribution in [3.05, 3.63) is 0 Å². The second-order valence-corrected chi connectivity index (χ2v) is 10.7. The van der Waals surface area contributed by atoms with E-state index in [9.17, 15) is 14.4 Å². The highest BCUT2D eigenvalue weighted by Crippen LogP contribution is 2.36. The molecule has 1 atom stereocenters. The molecular weight excluding hydrogens is 396 g/mol. The van der Waals surface area contributed by atoms with Crippen LogP contribution in [0.4, 0.5) is 0 Å². The Morgan fingerprint density at radius 3 is 1.87 bits per heavy atom. The molecule has 2 fully saturated rings. The molecule has 0 N–H and O–H groups in total. The first kappa shape index (κ1) is 27.4. The van der Waals surface area contributed by atoms with E-state index in [4.69, 9.17) is 14.2 Å². The average Bonchev–Trinajstić information content (AvgIpc) is 3.13. The summed E-state index contributed by atoms with van der Waals surface area (Å²) in [6.45, 7) is 15.9. The number of cyclic esters (lactones) is 1. The smallest absolute Gasteiger partial charge is 0.312 e. The first-order valence-electron chi connectivity index (χ1n) is 11.8. The molecule has 2 aliphatic rings. The van der Waals surface area contributed by atoms with Crippen LogP contribution >= 0.6 is 0 Å². The second kappa shape index (κ2) is 11.3. The Kier molecular flexibility index (Phi) is 10.0.